The van der Waals surface area contributed by atoms with Gasteiger partial charge in [-0.2, -0.15) is 21.6 Å². The number of rotatable bonds is 1. The third-order valence-electron chi connectivity index (χ3n) is 1.15. The Bertz CT molecular complexity index is 433. The zero-order chi connectivity index (χ0) is 13.0. The first kappa shape index (κ1) is 15.1. The van der Waals surface area contributed by atoms with Crippen molar-refractivity contribution in [3.8, 4) is 0 Å². The molecular formula is C7H7F3O4S2. The van der Waals surface area contributed by atoms with Crippen molar-refractivity contribution in [2.24, 2.45) is 0 Å². The van der Waals surface area contributed by atoms with Gasteiger partial charge in [-0.1, -0.05) is 6.07 Å². The summed E-state index contributed by atoms with van der Waals surface area (Å²) in [6.07, 6.45) is -4.64. The van der Waals surface area contributed by atoms with Gasteiger partial charge in [-0.05, 0) is 11.4 Å². The van der Waals surface area contributed by atoms with Gasteiger partial charge in [0.05, 0.1) is 0 Å². The molecule has 0 aliphatic heterocycles. The Morgan fingerprint density at radius 3 is 2.00 bits per heavy atom. The summed E-state index contributed by atoms with van der Waals surface area (Å²) in [7, 11) is -3.94. The quantitative estimate of drug-likeness (QED) is 0.798. The van der Waals surface area contributed by atoms with Gasteiger partial charge in [-0.25, -0.2) is 0 Å². The highest BCUT2D eigenvalue weighted by Gasteiger charge is 2.33. The summed E-state index contributed by atoms with van der Waals surface area (Å²) in [5, 5.41) is 1.59. The Balaban J connectivity index is 0.000000293. The molecule has 0 atom stereocenters. The standard InChI is InChI=1S/C4H4O3S2.C3H3F3O/c5-9(6,7)4-2-1-3-8-4;1-2(7)3(4,5)6/h1-3H,(H,5,6,7);1H3. The van der Waals surface area contributed by atoms with Crippen molar-refractivity contribution in [2.45, 2.75) is 17.3 Å². The average molecular weight is 276 g/mol. The Hall–Kier alpha value is -0.930. The number of ketones is 1. The average Bonchev–Trinajstić information content (AvgIpc) is 2.52. The minimum Gasteiger partial charge on any atom is -0.290 e. The van der Waals surface area contributed by atoms with Gasteiger partial charge in [0.25, 0.3) is 0 Å². The predicted molar refractivity (Wildman–Crippen MR) is 50.9 cm³/mol. The largest absolute Gasteiger partial charge is 0.449 e. The molecule has 0 spiro atoms. The Morgan fingerprint density at radius 1 is 1.44 bits per heavy atom. The van der Waals surface area contributed by atoms with Crippen LogP contribution < -0.4 is 0 Å². The van der Waals surface area contributed by atoms with E-state index in [0.717, 1.165) is 11.3 Å². The van der Waals surface area contributed by atoms with Gasteiger partial charge in [0.15, 0.2) is 0 Å². The Morgan fingerprint density at radius 2 is 1.88 bits per heavy atom. The molecule has 0 aromatic carbocycles. The Labute approximate surface area is 93.5 Å². The highest BCUT2D eigenvalue weighted by atomic mass is 32.3. The number of Topliss-reactive ketones (excluding diaryl/α,β-unsaturated/α-hetero) is 1. The van der Waals surface area contributed by atoms with Crippen molar-refractivity contribution in [1.82, 2.24) is 0 Å². The molecule has 0 radical (unpaired) electrons. The lowest BCUT2D eigenvalue weighted by molar-refractivity contribution is -0.168. The van der Waals surface area contributed by atoms with Crippen LogP contribution in [0, 0.1) is 0 Å². The molecular weight excluding hydrogens is 269 g/mol. The lowest BCUT2D eigenvalue weighted by Crippen LogP contribution is -2.18. The molecule has 0 aliphatic rings. The molecule has 0 fully saturated rings. The number of halogens is 3. The monoisotopic (exact) mass is 276 g/mol. The van der Waals surface area contributed by atoms with Gasteiger partial charge < -0.3 is 0 Å². The van der Waals surface area contributed by atoms with E-state index in [1.54, 1.807) is 11.4 Å². The molecule has 92 valence electrons. The first-order valence-corrected chi connectivity index (χ1v) is 5.96. The fraction of sp³-hybridized carbons (Fsp3) is 0.286. The van der Waals surface area contributed by atoms with Crippen molar-refractivity contribution in [3.05, 3.63) is 17.5 Å². The number of hydrogen-bond acceptors (Lipinski definition) is 4. The number of carbonyl (C=O) groups is 1. The van der Waals surface area contributed by atoms with Gasteiger partial charge in [-0.3, -0.25) is 9.35 Å². The second-order valence-corrected chi connectivity index (χ2v) is 5.06. The molecule has 9 heteroatoms. The fourth-order valence-corrected chi connectivity index (χ4v) is 1.76. The molecule has 4 nitrogen and oxygen atoms in total. The minimum atomic E-state index is -4.64. The third kappa shape index (κ3) is 5.83. The maximum atomic E-state index is 10.8. The van der Waals surface area contributed by atoms with Gasteiger partial charge in [0, 0.05) is 6.92 Å². The van der Waals surface area contributed by atoms with E-state index in [-0.39, 0.29) is 4.21 Å². The molecule has 0 aliphatic carbocycles. The molecule has 0 bridgehead atoms. The zero-order valence-electron chi connectivity index (χ0n) is 7.85. The number of thiophene rings is 1. The van der Waals surface area contributed by atoms with Crippen LogP contribution in [0.5, 0.6) is 0 Å². The summed E-state index contributed by atoms with van der Waals surface area (Å²) < 4.78 is 61.4. The van der Waals surface area contributed by atoms with E-state index in [9.17, 15) is 26.4 Å². The zero-order valence-corrected chi connectivity index (χ0v) is 9.49. The van der Waals surface area contributed by atoms with Crippen molar-refractivity contribution in [2.75, 3.05) is 0 Å². The molecule has 0 saturated heterocycles. The van der Waals surface area contributed by atoms with Crippen molar-refractivity contribution >= 4 is 27.2 Å². The van der Waals surface area contributed by atoms with E-state index in [4.69, 9.17) is 4.55 Å². The molecule has 1 rings (SSSR count). The highest BCUT2D eigenvalue weighted by Crippen LogP contribution is 2.14. The molecule has 1 aromatic heterocycles. The molecule has 1 N–H and O–H groups in total. The lowest BCUT2D eigenvalue weighted by Gasteiger charge is -1.95. The fourth-order valence-electron chi connectivity index (χ4n) is 0.410. The summed E-state index contributed by atoms with van der Waals surface area (Å²) in [5.74, 6) is -1.76. The van der Waals surface area contributed by atoms with Crippen LogP contribution in [0.1, 0.15) is 6.92 Å². The van der Waals surface area contributed by atoms with Gasteiger partial charge in [0.1, 0.15) is 4.21 Å². The highest BCUT2D eigenvalue weighted by molar-refractivity contribution is 7.88. The number of hydrogen-bond donors (Lipinski definition) is 1. The smallest absolute Gasteiger partial charge is 0.290 e. The number of carbonyl (C=O) groups excluding carboxylic acids is 1. The summed E-state index contributed by atoms with van der Waals surface area (Å²) in [6.45, 7) is 0.486. The topological polar surface area (TPSA) is 71.4 Å². The maximum Gasteiger partial charge on any atom is 0.449 e. The second-order valence-electron chi connectivity index (χ2n) is 2.46. The number of alkyl halides is 3. The minimum absolute atomic E-state index is 0.0116. The molecule has 0 saturated carbocycles. The molecule has 1 heterocycles. The van der Waals surface area contributed by atoms with Crippen LogP contribution in [0.2, 0.25) is 0 Å². The molecule has 16 heavy (non-hydrogen) atoms. The van der Waals surface area contributed by atoms with Gasteiger partial charge in [0.2, 0.25) is 5.78 Å². The molecule has 0 amide bonds. The van der Waals surface area contributed by atoms with Crippen LogP contribution in [0.15, 0.2) is 21.7 Å². The normalized spacial score (nSPS) is 11.6. The van der Waals surface area contributed by atoms with Crippen LogP contribution in [-0.4, -0.2) is 24.9 Å². The third-order valence-corrected chi connectivity index (χ3v) is 3.38. The van der Waals surface area contributed by atoms with Crippen LogP contribution in [0.4, 0.5) is 13.2 Å². The predicted octanol–water partition coefficient (Wildman–Crippen LogP) is 2.13. The second kappa shape index (κ2) is 5.41. The van der Waals surface area contributed by atoms with Gasteiger partial charge in [-0.15, -0.1) is 11.3 Å². The summed E-state index contributed by atoms with van der Waals surface area (Å²) in [4.78, 5) is 9.34. The van der Waals surface area contributed by atoms with E-state index in [0.29, 0.717) is 6.92 Å². The Kier molecular flexibility index (Phi) is 5.10. The van der Waals surface area contributed by atoms with Crippen molar-refractivity contribution < 1.29 is 30.9 Å². The first-order chi connectivity index (χ1) is 7.05. The molecule has 0 unspecified atom stereocenters. The summed E-state index contributed by atoms with van der Waals surface area (Å²) in [6, 6.07) is 2.91. The maximum absolute atomic E-state index is 10.8. The van der Waals surface area contributed by atoms with E-state index >= 15 is 0 Å². The van der Waals surface area contributed by atoms with Crippen molar-refractivity contribution in [1.29, 1.82) is 0 Å². The summed E-state index contributed by atoms with van der Waals surface area (Å²) in [5.41, 5.74) is 0. The van der Waals surface area contributed by atoms with Crippen molar-refractivity contribution in [3.63, 3.8) is 0 Å². The van der Waals surface area contributed by atoms with Gasteiger partial charge >= 0.3 is 16.3 Å². The van der Waals surface area contributed by atoms with E-state index in [1.807, 2.05) is 0 Å². The lowest BCUT2D eigenvalue weighted by atomic mass is 10.5. The first-order valence-electron chi connectivity index (χ1n) is 3.64. The van der Waals surface area contributed by atoms with E-state index in [1.165, 1.54) is 6.07 Å². The van der Waals surface area contributed by atoms with Crippen LogP contribution >= 0.6 is 11.3 Å². The van der Waals surface area contributed by atoms with E-state index in [2.05, 4.69) is 0 Å². The van der Waals surface area contributed by atoms with Crippen LogP contribution in [-0.2, 0) is 14.9 Å². The van der Waals surface area contributed by atoms with Crippen LogP contribution in [0.25, 0.3) is 0 Å². The van der Waals surface area contributed by atoms with Crippen LogP contribution in [0.3, 0.4) is 0 Å². The summed E-state index contributed by atoms with van der Waals surface area (Å²) >= 11 is 0.992. The van der Waals surface area contributed by atoms with E-state index < -0.39 is 22.1 Å². The SMILES string of the molecule is CC(=O)C(F)(F)F.O=S(=O)(O)c1cccs1. The molecule has 1 aromatic rings.